The first-order valence-electron chi connectivity index (χ1n) is 5.94. The van der Waals surface area contributed by atoms with Crippen LogP contribution in [-0.4, -0.2) is 29.1 Å². The van der Waals surface area contributed by atoms with Crippen LogP contribution >= 0.6 is 12.6 Å². The number of thiol groups is 1. The Labute approximate surface area is 113 Å². The lowest BCUT2D eigenvalue weighted by Gasteiger charge is -2.24. The number of nitrogens with zero attached hydrogens (tertiary/aromatic N) is 1. The van der Waals surface area contributed by atoms with Gasteiger partial charge in [-0.1, -0.05) is 30.8 Å². The third kappa shape index (κ3) is 5.23. The highest BCUT2D eigenvalue weighted by Crippen LogP contribution is 2.09. The number of hydrogen-bond acceptors (Lipinski definition) is 2. The van der Waals surface area contributed by atoms with Crippen molar-refractivity contribution in [2.45, 2.75) is 19.3 Å². The number of nitrogens with two attached hydrogens (primary N) is 1. The van der Waals surface area contributed by atoms with Crippen molar-refractivity contribution in [2.75, 3.05) is 13.1 Å². The second-order valence-electron chi connectivity index (χ2n) is 4.06. The third-order valence-electron chi connectivity index (χ3n) is 2.68. The van der Waals surface area contributed by atoms with Gasteiger partial charge in [0.05, 0.1) is 0 Å². The molecule has 0 spiro atoms. The monoisotopic (exact) mass is 266 g/mol. The molecular weight excluding hydrogens is 248 g/mol. The number of hydrogen-bond donors (Lipinski definition) is 2. The van der Waals surface area contributed by atoms with Crippen LogP contribution in [0.2, 0.25) is 0 Å². The average molecular weight is 266 g/mol. The van der Waals surface area contributed by atoms with E-state index in [1.165, 1.54) is 6.42 Å². The van der Waals surface area contributed by atoms with Gasteiger partial charge in [-0.2, -0.15) is 0 Å². The van der Waals surface area contributed by atoms with E-state index in [9.17, 15) is 9.59 Å². The number of primary amides is 1. The molecule has 1 saturated heterocycles. The van der Waals surface area contributed by atoms with Crippen molar-refractivity contribution < 1.29 is 9.59 Å². The largest absolute Gasteiger partial charge is 0.366 e. The maximum absolute atomic E-state index is 10.6. The third-order valence-corrected chi connectivity index (χ3v) is 2.97. The summed E-state index contributed by atoms with van der Waals surface area (Å²) in [5.41, 5.74) is 5.53. The van der Waals surface area contributed by atoms with Gasteiger partial charge < -0.3 is 10.6 Å². The molecule has 2 amide bonds. The van der Waals surface area contributed by atoms with E-state index in [4.69, 9.17) is 5.73 Å². The minimum absolute atomic E-state index is 0.0744. The Morgan fingerprint density at radius 2 is 1.61 bits per heavy atom. The number of rotatable bonds is 1. The zero-order valence-corrected chi connectivity index (χ0v) is 11.1. The molecule has 1 aromatic rings. The minimum atomic E-state index is -0.379. The predicted octanol–water partition coefficient (Wildman–Crippen LogP) is 2.31. The van der Waals surface area contributed by atoms with E-state index in [2.05, 4.69) is 12.6 Å². The fourth-order valence-corrected chi connectivity index (χ4v) is 1.89. The first kappa shape index (κ1) is 14.6. The topological polar surface area (TPSA) is 63.4 Å². The summed E-state index contributed by atoms with van der Waals surface area (Å²) in [7, 11) is 0. The number of carbonyl (C=O) groups excluding carboxylic acids is 2. The highest BCUT2D eigenvalue weighted by molar-refractivity contribution is 7.96. The molecule has 1 aromatic carbocycles. The highest BCUT2D eigenvalue weighted by atomic mass is 32.1. The fraction of sp³-hybridized carbons (Fsp3) is 0.385. The van der Waals surface area contributed by atoms with Gasteiger partial charge in [-0.05, 0) is 31.4 Å². The molecule has 0 unspecified atom stereocenters. The molecule has 1 aliphatic heterocycles. The average Bonchev–Trinajstić information content (AvgIpc) is 2.41. The van der Waals surface area contributed by atoms with E-state index < -0.39 is 0 Å². The molecule has 1 aliphatic rings. The van der Waals surface area contributed by atoms with Crippen molar-refractivity contribution in [2.24, 2.45) is 5.73 Å². The van der Waals surface area contributed by atoms with Crippen molar-refractivity contribution in [1.82, 2.24) is 4.90 Å². The lowest BCUT2D eigenvalue weighted by atomic mass is 10.1. The van der Waals surface area contributed by atoms with E-state index in [1.54, 1.807) is 29.2 Å². The zero-order valence-electron chi connectivity index (χ0n) is 10.2. The van der Waals surface area contributed by atoms with Crippen LogP contribution < -0.4 is 5.73 Å². The summed E-state index contributed by atoms with van der Waals surface area (Å²) in [6.45, 7) is 1.81. The van der Waals surface area contributed by atoms with E-state index in [-0.39, 0.29) is 11.1 Å². The zero-order chi connectivity index (χ0) is 13.4. The number of benzene rings is 1. The summed E-state index contributed by atoms with van der Waals surface area (Å²) in [5.74, 6) is -0.379. The van der Waals surface area contributed by atoms with Crippen LogP contribution in [0.25, 0.3) is 0 Å². The van der Waals surface area contributed by atoms with Gasteiger partial charge in [0.1, 0.15) is 0 Å². The van der Waals surface area contributed by atoms with Gasteiger partial charge in [0, 0.05) is 18.7 Å². The number of piperidine rings is 1. The SMILES string of the molecule is NC(=O)c1ccccc1.O=C(S)N1CCCCC1. The first-order chi connectivity index (χ1) is 8.61. The Bertz CT molecular complexity index is 389. The second-order valence-corrected chi connectivity index (χ2v) is 4.44. The summed E-state index contributed by atoms with van der Waals surface area (Å²) in [4.78, 5) is 22.8. The van der Waals surface area contributed by atoms with Gasteiger partial charge in [0.2, 0.25) is 5.91 Å². The van der Waals surface area contributed by atoms with Crippen LogP contribution in [0.15, 0.2) is 30.3 Å². The van der Waals surface area contributed by atoms with Crippen molar-refractivity contribution >= 4 is 23.8 Å². The van der Waals surface area contributed by atoms with Gasteiger partial charge in [-0.25, -0.2) is 0 Å². The maximum atomic E-state index is 10.6. The molecule has 2 rings (SSSR count). The molecule has 5 heteroatoms. The molecule has 0 bridgehead atoms. The van der Waals surface area contributed by atoms with Crippen LogP contribution in [0.5, 0.6) is 0 Å². The van der Waals surface area contributed by atoms with E-state index in [1.807, 2.05) is 6.07 Å². The molecular formula is C13H18N2O2S. The molecule has 0 atom stereocenters. The quantitative estimate of drug-likeness (QED) is 0.766. The van der Waals surface area contributed by atoms with Crippen molar-refractivity contribution in [1.29, 1.82) is 0 Å². The molecule has 2 N–H and O–H groups in total. The first-order valence-corrected chi connectivity index (χ1v) is 6.38. The van der Waals surface area contributed by atoms with E-state index >= 15 is 0 Å². The fourth-order valence-electron chi connectivity index (χ4n) is 1.69. The van der Waals surface area contributed by atoms with Gasteiger partial charge in [0.15, 0.2) is 0 Å². The summed E-state index contributed by atoms with van der Waals surface area (Å²) < 4.78 is 0. The second kappa shape index (κ2) is 7.76. The summed E-state index contributed by atoms with van der Waals surface area (Å²) in [6.07, 6.45) is 3.55. The minimum Gasteiger partial charge on any atom is -0.366 e. The van der Waals surface area contributed by atoms with Crippen molar-refractivity contribution in [3.8, 4) is 0 Å². The van der Waals surface area contributed by atoms with Crippen LogP contribution in [0.3, 0.4) is 0 Å². The van der Waals surface area contributed by atoms with Crippen LogP contribution in [0.1, 0.15) is 29.6 Å². The smallest absolute Gasteiger partial charge is 0.278 e. The lowest BCUT2D eigenvalue weighted by Crippen LogP contribution is -2.31. The molecule has 1 heterocycles. The Balaban J connectivity index is 0.000000180. The molecule has 4 nitrogen and oxygen atoms in total. The number of carbonyl (C=O) groups is 2. The molecule has 0 radical (unpaired) electrons. The Morgan fingerprint density at radius 1 is 1.06 bits per heavy atom. The van der Waals surface area contributed by atoms with Crippen LogP contribution in [0.4, 0.5) is 4.79 Å². The van der Waals surface area contributed by atoms with Gasteiger partial charge in [0.25, 0.3) is 5.24 Å². The summed E-state index contributed by atoms with van der Waals surface area (Å²) in [6, 6.07) is 8.76. The molecule has 0 saturated carbocycles. The van der Waals surface area contributed by atoms with Gasteiger partial charge >= 0.3 is 0 Å². The molecule has 18 heavy (non-hydrogen) atoms. The highest BCUT2D eigenvalue weighted by Gasteiger charge is 2.11. The standard InChI is InChI=1S/C7H7NO.C6H11NOS/c8-7(9)6-4-2-1-3-5-6;8-6(9)7-4-2-1-3-5-7/h1-5H,(H2,8,9);1-5H2,(H,8,9). The van der Waals surface area contributed by atoms with Crippen LogP contribution in [-0.2, 0) is 0 Å². The molecule has 1 fully saturated rings. The van der Waals surface area contributed by atoms with Crippen molar-refractivity contribution in [3.63, 3.8) is 0 Å². The summed E-state index contributed by atoms with van der Waals surface area (Å²) >= 11 is 3.73. The Morgan fingerprint density at radius 3 is 1.94 bits per heavy atom. The van der Waals surface area contributed by atoms with Gasteiger partial charge in [-0.3, -0.25) is 9.59 Å². The molecule has 0 aromatic heterocycles. The number of likely N-dealkylation sites (tertiary alicyclic amines) is 1. The Kier molecular flexibility index (Phi) is 6.28. The maximum Gasteiger partial charge on any atom is 0.278 e. The summed E-state index contributed by atoms with van der Waals surface area (Å²) in [5, 5.41) is -0.0744. The van der Waals surface area contributed by atoms with Crippen molar-refractivity contribution in [3.05, 3.63) is 35.9 Å². The lowest BCUT2D eigenvalue weighted by molar-refractivity contribution is 0.100. The number of amides is 2. The Hall–Kier alpha value is -1.49. The molecule has 0 aliphatic carbocycles. The predicted molar refractivity (Wildman–Crippen MR) is 74.8 cm³/mol. The normalized spacial score (nSPS) is 14.4. The molecule has 98 valence electrons. The van der Waals surface area contributed by atoms with Crippen LogP contribution in [0, 0.1) is 0 Å². The van der Waals surface area contributed by atoms with E-state index in [0.29, 0.717) is 5.56 Å². The van der Waals surface area contributed by atoms with Gasteiger partial charge in [-0.15, -0.1) is 0 Å². The van der Waals surface area contributed by atoms with E-state index in [0.717, 1.165) is 25.9 Å².